The number of methoxy groups -OCH3 is 1. The number of para-hydroxylation sites is 1. The minimum atomic E-state index is -4.76. The number of anilines is 1. The maximum atomic E-state index is 12.9. The molecule has 4 aromatic rings. The molecule has 5 rings (SSSR count). The molecule has 1 unspecified atom stereocenters. The molecule has 0 saturated carbocycles. The highest BCUT2D eigenvalue weighted by atomic mass is 32.2. The van der Waals surface area contributed by atoms with Gasteiger partial charge in [-0.05, 0) is 60.7 Å². The Morgan fingerprint density at radius 2 is 1.78 bits per heavy atom. The van der Waals surface area contributed by atoms with Gasteiger partial charge in [0.25, 0.3) is 0 Å². The lowest BCUT2D eigenvalue weighted by Crippen LogP contribution is -2.35. The number of aliphatic imine (C=N–C) groups is 1. The molecule has 0 aliphatic carbocycles. The predicted octanol–water partition coefficient (Wildman–Crippen LogP) is 6.74. The summed E-state index contributed by atoms with van der Waals surface area (Å²) in [5.74, 6) is 0.737. The Bertz CT molecular complexity index is 1740. The van der Waals surface area contributed by atoms with Crippen LogP contribution < -0.4 is 19.7 Å². The van der Waals surface area contributed by atoms with Crippen molar-refractivity contribution in [2.24, 2.45) is 4.99 Å². The number of nitrogens with zero attached hydrogens (tertiary/aromatic N) is 5. The second-order valence-electron chi connectivity index (χ2n) is 10.8. The van der Waals surface area contributed by atoms with E-state index in [0.29, 0.717) is 34.5 Å². The van der Waals surface area contributed by atoms with Crippen LogP contribution in [-0.2, 0) is 11.2 Å². The SMILES string of the molecule is COc1cccc(C(C)C)c1N1C(=O)CS/C1=N\C(=O)NC(C)Cc1ccc(-c2ncn(-c3ccc(OC(F)(F)F)cc3)n2)cc1. The van der Waals surface area contributed by atoms with Crippen LogP contribution in [-0.4, -0.2) is 57.1 Å². The molecule has 0 spiro atoms. The van der Waals surface area contributed by atoms with Crippen LogP contribution in [0.15, 0.2) is 78.0 Å². The Labute approximate surface area is 267 Å². The van der Waals surface area contributed by atoms with E-state index >= 15 is 0 Å². The molecule has 1 fully saturated rings. The molecule has 1 N–H and O–H groups in total. The molecule has 3 amide bonds. The fourth-order valence-electron chi connectivity index (χ4n) is 4.92. The monoisotopic (exact) mass is 652 g/mol. The molecular formula is C32H31F3N6O4S. The molecule has 1 aliphatic rings. The normalized spacial score (nSPS) is 15.0. The second kappa shape index (κ2) is 13.6. The Morgan fingerprint density at radius 1 is 1.07 bits per heavy atom. The molecule has 2 heterocycles. The first kappa shape index (κ1) is 32.5. The van der Waals surface area contributed by atoms with Gasteiger partial charge in [-0.15, -0.1) is 18.3 Å². The predicted molar refractivity (Wildman–Crippen MR) is 170 cm³/mol. The van der Waals surface area contributed by atoms with E-state index in [9.17, 15) is 22.8 Å². The Balaban J connectivity index is 1.22. The first-order valence-corrected chi connectivity index (χ1v) is 15.3. The lowest BCUT2D eigenvalue weighted by molar-refractivity contribution is -0.274. The van der Waals surface area contributed by atoms with E-state index in [2.05, 4.69) is 25.1 Å². The number of carbonyl (C=O) groups is 2. The molecule has 1 atom stereocenters. The minimum absolute atomic E-state index is 0.110. The molecule has 14 heteroatoms. The Kier molecular flexibility index (Phi) is 9.65. The van der Waals surface area contributed by atoms with Crippen molar-refractivity contribution >= 4 is 34.6 Å². The van der Waals surface area contributed by atoms with Gasteiger partial charge in [0, 0.05) is 11.6 Å². The van der Waals surface area contributed by atoms with Crippen molar-refractivity contribution < 1.29 is 32.2 Å². The molecule has 10 nitrogen and oxygen atoms in total. The average Bonchev–Trinajstić information content (AvgIpc) is 3.63. The summed E-state index contributed by atoms with van der Waals surface area (Å²) < 4.78 is 48.2. The van der Waals surface area contributed by atoms with Crippen LogP contribution >= 0.6 is 11.8 Å². The lowest BCUT2D eigenvalue weighted by atomic mass is 10.00. The number of carbonyl (C=O) groups excluding carboxylic acids is 2. The largest absolute Gasteiger partial charge is 0.573 e. The van der Waals surface area contributed by atoms with Gasteiger partial charge in [0.05, 0.1) is 24.2 Å². The summed E-state index contributed by atoms with van der Waals surface area (Å²) in [4.78, 5) is 35.9. The van der Waals surface area contributed by atoms with Crippen LogP contribution in [0.3, 0.4) is 0 Å². The summed E-state index contributed by atoms with van der Waals surface area (Å²) in [7, 11) is 1.54. The van der Waals surface area contributed by atoms with E-state index in [1.54, 1.807) is 13.2 Å². The molecule has 0 radical (unpaired) electrons. The molecule has 1 aliphatic heterocycles. The van der Waals surface area contributed by atoms with E-state index in [-0.39, 0.29) is 29.4 Å². The van der Waals surface area contributed by atoms with Gasteiger partial charge in [0.15, 0.2) is 11.0 Å². The summed E-state index contributed by atoms with van der Waals surface area (Å²) in [5, 5.41) is 7.60. The molecule has 1 saturated heterocycles. The molecule has 46 heavy (non-hydrogen) atoms. The number of hydrogen-bond donors (Lipinski definition) is 1. The molecule has 0 bridgehead atoms. The van der Waals surface area contributed by atoms with Crippen molar-refractivity contribution in [3.8, 4) is 28.6 Å². The molecule has 1 aromatic heterocycles. The van der Waals surface area contributed by atoms with E-state index in [4.69, 9.17) is 4.74 Å². The third-order valence-electron chi connectivity index (χ3n) is 7.01. The fourth-order valence-corrected chi connectivity index (χ4v) is 5.77. The van der Waals surface area contributed by atoms with Gasteiger partial charge in [-0.3, -0.25) is 9.69 Å². The van der Waals surface area contributed by atoms with Gasteiger partial charge in [-0.25, -0.2) is 14.5 Å². The summed E-state index contributed by atoms with van der Waals surface area (Å²) >= 11 is 1.20. The van der Waals surface area contributed by atoms with E-state index in [1.807, 2.05) is 57.2 Å². The number of amidine groups is 1. The van der Waals surface area contributed by atoms with Crippen LogP contribution in [0.5, 0.6) is 11.5 Å². The van der Waals surface area contributed by atoms with Gasteiger partial charge in [0.1, 0.15) is 17.8 Å². The number of halogens is 3. The minimum Gasteiger partial charge on any atom is -0.495 e. The fraction of sp³-hybridized carbons (Fsp3) is 0.281. The van der Waals surface area contributed by atoms with Gasteiger partial charge in [-0.1, -0.05) is 62.0 Å². The number of thioether (sulfide) groups is 1. The summed E-state index contributed by atoms with van der Waals surface area (Å²) in [6.45, 7) is 5.91. The van der Waals surface area contributed by atoms with Gasteiger partial charge in [0.2, 0.25) is 5.91 Å². The van der Waals surface area contributed by atoms with Crippen LogP contribution in [0.1, 0.15) is 37.8 Å². The highest BCUT2D eigenvalue weighted by Crippen LogP contribution is 2.40. The number of benzene rings is 3. The van der Waals surface area contributed by atoms with E-state index < -0.39 is 12.4 Å². The smallest absolute Gasteiger partial charge is 0.495 e. The number of rotatable bonds is 9. The first-order chi connectivity index (χ1) is 21.9. The highest BCUT2D eigenvalue weighted by Gasteiger charge is 2.35. The highest BCUT2D eigenvalue weighted by molar-refractivity contribution is 8.15. The third kappa shape index (κ3) is 7.68. The number of ether oxygens (including phenoxy) is 2. The number of nitrogens with one attached hydrogen (secondary N) is 1. The maximum absolute atomic E-state index is 12.9. The van der Waals surface area contributed by atoms with Crippen molar-refractivity contribution in [1.29, 1.82) is 0 Å². The van der Waals surface area contributed by atoms with Crippen molar-refractivity contribution in [2.45, 2.75) is 45.5 Å². The Hall–Kier alpha value is -4.85. The zero-order valence-corrected chi connectivity index (χ0v) is 26.2. The Morgan fingerprint density at radius 3 is 2.43 bits per heavy atom. The van der Waals surface area contributed by atoms with Gasteiger partial charge >= 0.3 is 12.4 Å². The zero-order chi connectivity index (χ0) is 33.0. The van der Waals surface area contributed by atoms with Gasteiger partial charge in [-0.2, -0.15) is 4.99 Å². The zero-order valence-electron chi connectivity index (χ0n) is 25.4. The number of amides is 3. The van der Waals surface area contributed by atoms with Crippen LogP contribution in [0.2, 0.25) is 0 Å². The quantitative estimate of drug-likeness (QED) is 0.213. The summed E-state index contributed by atoms with van der Waals surface area (Å²) in [5.41, 5.74) is 3.72. The van der Waals surface area contributed by atoms with Crippen LogP contribution in [0, 0.1) is 0 Å². The summed E-state index contributed by atoms with van der Waals surface area (Å²) in [6, 6.07) is 17.6. The number of hydrogen-bond acceptors (Lipinski definition) is 7. The van der Waals surface area contributed by atoms with Crippen LogP contribution in [0.25, 0.3) is 17.1 Å². The van der Waals surface area contributed by atoms with E-state index in [0.717, 1.165) is 16.7 Å². The molecule has 3 aromatic carbocycles. The molecular weight excluding hydrogens is 621 g/mol. The van der Waals surface area contributed by atoms with E-state index in [1.165, 1.54) is 51.9 Å². The lowest BCUT2D eigenvalue weighted by Gasteiger charge is -2.24. The van der Waals surface area contributed by atoms with Crippen molar-refractivity contribution in [3.63, 3.8) is 0 Å². The molecule has 240 valence electrons. The number of alkyl halides is 3. The first-order valence-electron chi connectivity index (χ1n) is 14.3. The topological polar surface area (TPSA) is 111 Å². The third-order valence-corrected chi connectivity index (χ3v) is 7.93. The van der Waals surface area contributed by atoms with Gasteiger partial charge < -0.3 is 14.8 Å². The standard InChI is InChI=1S/C32H31F3N6O4S/c1-19(2)25-6-5-7-26(44-4)28(25)41-27(42)17-46-31(41)38-30(43)37-20(3)16-21-8-10-22(11-9-21)29-36-18-40(39-29)23-12-14-24(15-13-23)45-32(33,34)35/h5-15,18-20H,16-17H2,1-4H3,(H,37,43)/b38-31-. The average molecular weight is 653 g/mol. The maximum Gasteiger partial charge on any atom is 0.573 e. The van der Waals surface area contributed by atoms with Crippen LogP contribution in [0.4, 0.5) is 23.7 Å². The number of aromatic nitrogens is 3. The van der Waals surface area contributed by atoms with Crippen molar-refractivity contribution in [3.05, 3.63) is 84.2 Å². The summed E-state index contributed by atoms with van der Waals surface area (Å²) in [6.07, 6.45) is -2.78. The number of urea groups is 1. The van der Waals surface area contributed by atoms with Crippen molar-refractivity contribution in [2.75, 3.05) is 17.8 Å². The second-order valence-corrected chi connectivity index (χ2v) is 11.7. The van der Waals surface area contributed by atoms with Crippen molar-refractivity contribution in [1.82, 2.24) is 20.1 Å².